The van der Waals surface area contributed by atoms with Gasteiger partial charge in [-0.3, -0.25) is 4.79 Å². The van der Waals surface area contributed by atoms with Crippen molar-refractivity contribution in [3.05, 3.63) is 40.4 Å². The van der Waals surface area contributed by atoms with Crippen LogP contribution in [0.4, 0.5) is 5.69 Å². The quantitative estimate of drug-likeness (QED) is 0.526. The van der Waals surface area contributed by atoms with Crippen molar-refractivity contribution in [2.24, 2.45) is 0 Å². The van der Waals surface area contributed by atoms with E-state index >= 15 is 0 Å². The average Bonchev–Trinajstić information content (AvgIpc) is 2.38. The molecule has 104 valence electrons. The molecule has 1 N–H and O–H groups in total. The number of allylic oxidation sites excluding steroid dienone is 1. The molecule has 0 fully saturated rings. The van der Waals surface area contributed by atoms with Gasteiger partial charge in [-0.1, -0.05) is 55.5 Å². The Morgan fingerprint density at radius 3 is 2.68 bits per heavy atom. The summed E-state index contributed by atoms with van der Waals surface area (Å²) in [5, 5.41) is 3.65. The van der Waals surface area contributed by atoms with Gasteiger partial charge in [-0.15, -0.1) is 0 Å². The van der Waals surface area contributed by atoms with Crippen LogP contribution in [0.5, 0.6) is 0 Å². The van der Waals surface area contributed by atoms with Gasteiger partial charge in [-0.05, 0) is 37.1 Å². The Morgan fingerprint density at radius 2 is 2.00 bits per heavy atom. The summed E-state index contributed by atoms with van der Waals surface area (Å²) in [5.41, 5.74) is 0.648. The number of carbonyl (C=O) groups excluding carboxylic acids is 1. The largest absolute Gasteiger partial charge is 0.322 e. The maximum Gasteiger partial charge on any atom is 0.248 e. The molecule has 19 heavy (non-hydrogen) atoms. The maximum absolute atomic E-state index is 11.6. The number of nitrogens with one attached hydrogen (secondary N) is 1. The first-order valence-corrected chi connectivity index (χ1v) is 7.31. The molecule has 0 heterocycles. The van der Waals surface area contributed by atoms with Gasteiger partial charge in [0.05, 0.1) is 10.0 Å². The van der Waals surface area contributed by atoms with Gasteiger partial charge in [0, 0.05) is 5.69 Å². The summed E-state index contributed by atoms with van der Waals surface area (Å²) < 4.78 is 0. The summed E-state index contributed by atoms with van der Waals surface area (Å²) in [7, 11) is 0. The fourth-order valence-electron chi connectivity index (χ4n) is 1.64. The number of benzene rings is 1. The molecule has 0 radical (unpaired) electrons. The Hall–Kier alpha value is -0.990. The zero-order chi connectivity index (χ0) is 14.1. The van der Waals surface area contributed by atoms with Gasteiger partial charge in [-0.2, -0.15) is 0 Å². The van der Waals surface area contributed by atoms with Crippen molar-refractivity contribution in [3.63, 3.8) is 0 Å². The van der Waals surface area contributed by atoms with Crippen molar-refractivity contribution < 1.29 is 4.79 Å². The fraction of sp³-hybridized carbons (Fsp3) is 0.400. The van der Waals surface area contributed by atoms with Crippen molar-refractivity contribution in [1.82, 2.24) is 0 Å². The summed E-state index contributed by atoms with van der Waals surface area (Å²) in [5.74, 6) is -0.145. The van der Waals surface area contributed by atoms with E-state index in [1.807, 2.05) is 6.08 Å². The topological polar surface area (TPSA) is 29.1 Å². The fourth-order valence-corrected chi connectivity index (χ4v) is 1.94. The van der Waals surface area contributed by atoms with Gasteiger partial charge in [0.2, 0.25) is 5.91 Å². The smallest absolute Gasteiger partial charge is 0.248 e. The lowest BCUT2D eigenvalue weighted by atomic mass is 10.1. The zero-order valence-electron chi connectivity index (χ0n) is 11.1. The molecule has 0 aliphatic carbocycles. The van der Waals surface area contributed by atoms with Crippen molar-refractivity contribution >= 4 is 34.8 Å². The number of anilines is 1. The zero-order valence-corrected chi connectivity index (χ0v) is 12.6. The normalized spacial score (nSPS) is 10.9. The van der Waals surface area contributed by atoms with Crippen LogP contribution in [-0.2, 0) is 4.79 Å². The molecular formula is C15H19Cl2NO. The minimum Gasteiger partial charge on any atom is -0.322 e. The first-order chi connectivity index (χ1) is 9.13. The van der Waals surface area contributed by atoms with Crippen molar-refractivity contribution in [2.75, 3.05) is 5.32 Å². The third kappa shape index (κ3) is 6.65. The molecule has 1 amide bonds. The van der Waals surface area contributed by atoms with Gasteiger partial charge >= 0.3 is 0 Å². The van der Waals surface area contributed by atoms with Gasteiger partial charge in [0.1, 0.15) is 0 Å². The molecule has 0 aliphatic rings. The van der Waals surface area contributed by atoms with Crippen LogP contribution in [0.15, 0.2) is 30.4 Å². The Kier molecular flexibility index (Phi) is 7.61. The van der Waals surface area contributed by atoms with E-state index in [-0.39, 0.29) is 5.91 Å². The molecule has 0 atom stereocenters. The van der Waals surface area contributed by atoms with Crippen LogP contribution < -0.4 is 5.32 Å². The summed E-state index contributed by atoms with van der Waals surface area (Å²) >= 11 is 11.7. The predicted octanol–water partition coefficient (Wildman–Crippen LogP) is 5.46. The Morgan fingerprint density at radius 1 is 1.21 bits per heavy atom. The van der Waals surface area contributed by atoms with E-state index < -0.39 is 0 Å². The molecule has 0 aliphatic heterocycles. The molecule has 1 rings (SSSR count). The average molecular weight is 300 g/mol. The summed E-state index contributed by atoms with van der Waals surface area (Å²) in [4.78, 5) is 11.6. The van der Waals surface area contributed by atoms with Crippen LogP contribution >= 0.6 is 23.2 Å². The third-order valence-corrected chi connectivity index (χ3v) is 3.42. The molecule has 1 aromatic carbocycles. The maximum atomic E-state index is 11.6. The van der Waals surface area contributed by atoms with Gasteiger partial charge in [0.15, 0.2) is 0 Å². The minimum atomic E-state index is -0.145. The van der Waals surface area contributed by atoms with E-state index in [2.05, 4.69) is 12.2 Å². The van der Waals surface area contributed by atoms with Gasteiger partial charge in [-0.25, -0.2) is 0 Å². The lowest BCUT2D eigenvalue weighted by Gasteiger charge is -2.03. The second-order valence-electron chi connectivity index (χ2n) is 4.37. The first kappa shape index (κ1) is 16.1. The Balaban J connectivity index is 2.34. The van der Waals surface area contributed by atoms with Crippen molar-refractivity contribution in [2.45, 2.75) is 39.0 Å². The number of halogens is 2. The van der Waals surface area contributed by atoms with E-state index in [0.29, 0.717) is 15.7 Å². The van der Waals surface area contributed by atoms with Crippen molar-refractivity contribution in [1.29, 1.82) is 0 Å². The van der Waals surface area contributed by atoms with E-state index in [1.54, 1.807) is 24.3 Å². The van der Waals surface area contributed by atoms with Crippen LogP contribution in [0.1, 0.15) is 39.0 Å². The van der Waals surface area contributed by atoms with E-state index in [9.17, 15) is 4.79 Å². The predicted molar refractivity (Wildman–Crippen MR) is 83.0 cm³/mol. The molecule has 0 bridgehead atoms. The number of rotatable bonds is 7. The van der Waals surface area contributed by atoms with Gasteiger partial charge < -0.3 is 5.32 Å². The molecule has 0 unspecified atom stereocenters. The molecule has 0 saturated heterocycles. The second kappa shape index (κ2) is 9.00. The monoisotopic (exact) mass is 299 g/mol. The third-order valence-electron chi connectivity index (χ3n) is 2.68. The molecule has 4 heteroatoms. The van der Waals surface area contributed by atoms with E-state index in [1.165, 1.54) is 19.3 Å². The molecular weight excluding hydrogens is 281 g/mol. The van der Waals surface area contributed by atoms with Gasteiger partial charge in [0.25, 0.3) is 0 Å². The second-order valence-corrected chi connectivity index (χ2v) is 5.18. The number of carbonyl (C=O) groups is 1. The van der Waals surface area contributed by atoms with E-state index in [4.69, 9.17) is 23.2 Å². The highest BCUT2D eigenvalue weighted by atomic mass is 35.5. The number of hydrogen-bond donors (Lipinski definition) is 1. The highest BCUT2D eigenvalue weighted by molar-refractivity contribution is 6.42. The molecule has 0 saturated carbocycles. The summed E-state index contributed by atoms with van der Waals surface area (Å²) in [6.45, 7) is 2.18. The number of amides is 1. The van der Waals surface area contributed by atoms with E-state index in [0.717, 1.165) is 12.8 Å². The summed E-state index contributed by atoms with van der Waals surface area (Å²) in [6.07, 6.45) is 9.23. The van der Waals surface area contributed by atoms with Crippen LogP contribution in [0.3, 0.4) is 0 Å². The number of hydrogen-bond acceptors (Lipinski definition) is 1. The molecule has 2 nitrogen and oxygen atoms in total. The molecule has 0 spiro atoms. The lowest BCUT2D eigenvalue weighted by molar-refractivity contribution is -0.111. The van der Waals surface area contributed by atoms with Crippen LogP contribution in [0.25, 0.3) is 0 Å². The summed E-state index contributed by atoms with van der Waals surface area (Å²) in [6, 6.07) is 5.02. The van der Waals surface area contributed by atoms with Crippen molar-refractivity contribution in [3.8, 4) is 0 Å². The Bertz CT molecular complexity index is 444. The molecule has 1 aromatic rings. The van der Waals surface area contributed by atoms with Crippen LogP contribution in [-0.4, -0.2) is 5.91 Å². The highest BCUT2D eigenvalue weighted by Gasteiger charge is 2.01. The van der Waals surface area contributed by atoms with Crippen LogP contribution in [0, 0.1) is 0 Å². The number of unbranched alkanes of at least 4 members (excludes halogenated alkanes) is 4. The SMILES string of the molecule is CCCCCC/C=C/C(=O)Nc1ccc(Cl)c(Cl)c1. The lowest BCUT2D eigenvalue weighted by Crippen LogP contribution is -2.07. The Labute approximate surface area is 124 Å². The van der Waals surface area contributed by atoms with Crippen LogP contribution in [0.2, 0.25) is 10.0 Å². The standard InChI is InChI=1S/C15H19Cl2NO/c1-2-3-4-5-6-7-8-15(19)18-12-9-10-13(16)14(17)11-12/h7-11H,2-6H2,1H3,(H,18,19)/b8-7+. The highest BCUT2D eigenvalue weighted by Crippen LogP contribution is 2.24. The first-order valence-electron chi connectivity index (χ1n) is 6.56. The minimum absolute atomic E-state index is 0.145. The molecule has 0 aromatic heterocycles.